The second-order valence-corrected chi connectivity index (χ2v) is 6.91. The molecule has 2 aliphatic rings. The zero-order valence-corrected chi connectivity index (χ0v) is 13.6. The number of carbonyl (C=O) groups is 1. The van der Waals surface area contributed by atoms with E-state index >= 15 is 0 Å². The third-order valence-corrected chi connectivity index (χ3v) is 4.99. The molecule has 1 saturated heterocycles. The number of piperidine rings is 1. The van der Waals surface area contributed by atoms with Crippen LogP contribution in [-0.2, 0) is 17.5 Å². The second-order valence-electron chi connectivity index (χ2n) is 6.91. The van der Waals surface area contributed by atoms with E-state index in [4.69, 9.17) is 0 Å². The van der Waals surface area contributed by atoms with Gasteiger partial charge in [-0.15, -0.1) is 0 Å². The Morgan fingerprint density at radius 1 is 1.21 bits per heavy atom. The normalized spacial score (nSPS) is 22.9. The average Bonchev–Trinajstić information content (AvgIpc) is 2.45. The van der Waals surface area contributed by atoms with E-state index in [1.54, 1.807) is 6.07 Å². The molecule has 1 amide bonds. The standard InChI is InChI=1S/C18H23F3N2O/c19-18(20,21)15-7-1-4-13(10-15)11-23-9-3-8-16(12-23)22-17(24)14-5-2-6-14/h1,4,7,10,14,16H,2-3,5-6,8-9,11-12H2,(H,22,24). The Morgan fingerprint density at radius 2 is 2.00 bits per heavy atom. The summed E-state index contributed by atoms with van der Waals surface area (Å²) in [4.78, 5) is 14.2. The monoisotopic (exact) mass is 340 g/mol. The number of amides is 1. The highest BCUT2D eigenvalue weighted by Gasteiger charge is 2.31. The van der Waals surface area contributed by atoms with Crippen molar-refractivity contribution in [3.63, 3.8) is 0 Å². The number of hydrogen-bond acceptors (Lipinski definition) is 2. The van der Waals surface area contributed by atoms with Gasteiger partial charge in [-0.3, -0.25) is 9.69 Å². The summed E-state index contributed by atoms with van der Waals surface area (Å²) in [6, 6.07) is 5.61. The quantitative estimate of drug-likeness (QED) is 0.908. The minimum Gasteiger partial charge on any atom is -0.352 e. The predicted molar refractivity (Wildman–Crippen MR) is 85.2 cm³/mol. The first-order valence-corrected chi connectivity index (χ1v) is 8.61. The van der Waals surface area contributed by atoms with Crippen LogP contribution >= 0.6 is 0 Å². The summed E-state index contributed by atoms with van der Waals surface area (Å²) in [5, 5.41) is 3.11. The second kappa shape index (κ2) is 7.13. The van der Waals surface area contributed by atoms with E-state index < -0.39 is 11.7 Å². The van der Waals surface area contributed by atoms with Crippen molar-refractivity contribution < 1.29 is 18.0 Å². The van der Waals surface area contributed by atoms with Crippen molar-refractivity contribution in [3.05, 3.63) is 35.4 Å². The SMILES string of the molecule is O=C(NC1CCCN(Cc2cccc(C(F)(F)F)c2)C1)C1CCC1. The van der Waals surface area contributed by atoms with Gasteiger partial charge in [0.2, 0.25) is 5.91 Å². The molecule has 1 saturated carbocycles. The molecule has 1 unspecified atom stereocenters. The van der Waals surface area contributed by atoms with Gasteiger partial charge in [0.25, 0.3) is 0 Å². The third kappa shape index (κ3) is 4.29. The van der Waals surface area contributed by atoms with E-state index in [2.05, 4.69) is 10.2 Å². The molecule has 1 N–H and O–H groups in total. The van der Waals surface area contributed by atoms with Gasteiger partial charge in [-0.1, -0.05) is 24.6 Å². The van der Waals surface area contributed by atoms with Crippen LogP contribution in [0.15, 0.2) is 24.3 Å². The highest BCUT2D eigenvalue weighted by atomic mass is 19.4. The molecule has 0 radical (unpaired) electrons. The van der Waals surface area contributed by atoms with Gasteiger partial charge in [-0.2, -0.15) is 13.2 Å². The molecule has 1 aromatic rings. The van der Waals surface area contributed by atoms with Gasteiger partial charge in [-0.25, -0.2) is 0 Å². The van der Waals surface area contributed by atoms with Crippen LogP contribution in [0.4, 0.5) is 13.2 Å². The Bertz CT molecular complexity index is 584. The maximum atomic E-state index is 12.8. The lowest BCUT2D eigenvalue weighted by Crippen LogP contribution is -2.49. The molecule has 3 nitrogen and oxygen atoms in total. The van der Waals surface area contributed by atoms with Crippen molar-refractivity contribution in [3.8, 4) is 0 Å². The summed E-state index contributed by atoms with van der Waals surface area (Å²) >= 11 is 0. The fourth-order valence-corrected chi connectivity index (χ4v) is 3.41. The number of rotatable bonds is 4. The summed E-state index contributed by atoms with van der Waals surface area (Å²) in [6.07, 6.45) is 0.673. The topological polar surface area (TPSA) is 32.3 Å². The Labute approximate surface area is 140 Å². The lowest BCUT2D eigenvalue weighted by molar-refractivity contribution is -0.137. The molecule has 0 spiro atoms. The van der Waals surface area contributed by atoms with Crippen molar-refractivity contribution in [2.24, 2.45) is 5.92 Å². The zero-order chi connectivity index (χ0) is 17.2. The minimum absolute atomic E-state index is 0.109. The van der Waals surface area contributed by atoms with Crippen molar-refractivity contribution in [2.45, 2.75) is 50.9 Å². The smallest absolute Gasteiger partial charge is 0.352 e. The molecule has 1 aliphatic carbocycles. The third-order valence-electron chi connectivity index (χ3n) is 4.99. The van der Waals surface area contributed by atoms with Crippen LogP contribution in [-0.4, -0.2) is 29.9 Å². The van der Waals surface area contributed by atoms with Crippen LogP contribution < -0.4 is 5.32 Å². The Kier molecular flexibility index (Phi) is 5.13. The molecule has 1 aromatic carbocycles. The van der Waals surface area contributed by atoms with Crippen molar-refractivity contribution in [2.75, 3.05) is 13.1 Å². The number of nitrogens with zero attached hydrogens (tertiary/aromatic N) is 1. The van der Waals surface area contributed by atoms with Gasteiger partial charge in [0.15, 0.2) is 0 Å². The summed E-state index contributed by atoms with van der Waals surface area (Å²) in [7, 11) is 0. The van der Waals surface area contributed by atoms with E-state index in [0.29, 0.717) is 18.7 Å². The first-order chi connectivity index (χ1) is 11.4. The molecule has 1 aliphatic heterocycles. The van der Waals surface area contributed by atoms with Crippen LogP contribution in [0, 0.1) is 5.92 Å². The lowest BCUT2D eigenvalue weighted by atomic mass is 9.84. The number of likely N-dealkylation sites (tertiary alicyclic amines) is 1. The Hall–Kier alpha value is -1.56. The molecule has 24 heavy (non-hydrogen) atoms. The van der Waals surface area contributed by atoms with E-state index in [9.17, 15) is 18.0 Å². The van der Waals surface area contributed by atoms with E-state index in [-0.39, 0.29) is 17.9 Å². The van der Waals surface area contributed by atoms with E-state index in [1.807, 2.05) is 0 Å². The van der Waals surface area contributed by atoms with E-state index in [0.717, 1.165) is 44.7 Å². The maximum Gasteiger partial charge on any atom is 0.416 e. The summed E-state index contributed by atoms with van der Waals surface area (Å²) < 4.78 is 38.4. The highest BCUT2D eigenvalue weighted by molar-refractivity contribution is 5.79. The molecule has 132 valence electrons. The molecular formula is C18H23F3N2O. The number of benzene rings is 1. The van der Waals surface area contributed by atoms with Crippen LogP contribution in [0.25, 0.3) is 0 Å². The Balaban J connectivity index is 1.56. The highest BCUT2D eigenvalue weighted by Crippen LogP contribution is 2.30. The molecule has 1 atom stereocenters. The molecule has 6 heteroatoms. The number of alkyl halides is 3. The van der Waals surface area contributed by atoms with Gasteiger partial charge >= 0.3 is 6.18 Å². The number of halogens is 3. The maximum absolute atomic E-state index is 12.8. The number of carbonyl (C=O) groups excluding carboxylic acids is 1. The lowest BCUT2D eigenvalue weighted by Gasteiger charge is -2.35. The van der Waals surface area contributed by atoms with Crippen LogP contribution in [0.5, 0.6) is 0 Å². The molecular weight excluding hydrogens is 317 g/mol. The van der Waals surface area contributed by atoms with Crippen LogP contribution in [0.2, 0.25) is 0 Å². The average molecular weight is 340 g/mol. The van der Waals surface area contributed by atoms with Crippen LogP contribution in [0.1, 0.15) is 43.2 Å². The van der Waals surface area contributed by atoms with Gasteiger partial charge in [-0.05, 0) is 43.9 Å². The van der Waals surface area contributed by atoms with Crippen molar-refractivity contribution >= 4 is 5.91 Å². The fraction of sp³-hybridized carbons (Fsp3) is 0.611. The first-order valence-electron chi connectivity index (χ1n) is 8.61. The van der Waals surface area contributed by atoms with Gasteiger partial charge in [0.1, 0.15) is 0 Å². The number of hydrogen-bond donors (Lipinski definition) is 1. The first kappa shape index (κ1) is 17.3. The summed E-state index contributed by atoms with van der Waals surface area (Å²) in [5.74, 6) is 0.316. The van der Waals surface area contributed by atoms with Crippen molar-refractivity contribution in [1.82, 2.24) is 10.2 Å². The molecule has 0 bridgehead atoms. The van der Waals surface area contributed by atoms with Gasteiger partial charge < -0.3 is 5.32 Å². The van der Waals surface area contributed by atoms with E-state index in [1.165, 1.54) is 12.1 Å². The largest absolute Gasteiger partial charge is 0.416 e. The molecule has 0 aromatic heterocycles. The summed E-state index contributed by atoms with van der Waals surface area (Å²) in [5.41, 5.74) is 0.0580. The molecule has 3 rings (SSSR count). The predicted octanol–water partition coefficient (Wildman–Crippen LogP) is 3.59. The number of nitrogens with one attached hydrogen (secondary N) is 1. The fourth-order valence-electron chi connectivity index (χ4n) is 3.41. The minimum atomic E-state index is -4.31. The Morgan fingerprint density at radius 3 is 2.67 bits per heavy atom. The van der Waals surface area contributed by atoms with Gasteiger partial charge in [0.05, 0.1) is 5.56 Å². The van der Waals surface area contributed by atoms with Gasteiger partial charge in [0, 0.05) is 25.0 Å². The van der Waals surface area contributed by atoms with Crippen molar-refractivity contribution in [1.29, 1.82) is 0 Å². The summed E-state index contributed by atoms with van der Waals surface area (Å²) in [6.45, 7) is 2.04. The molecule has 1 heterocycles. The molecule has 2 fully saturated rings. The van der Waals surface area contributed by atoms with Crippen LogP contribution in [0.3, 0.4) is 0 Å². The zero-order valence-electron chi connectivity index (χ0n) is 13.6.